The Labute approximate surface area is 161 Å². The molecule has 0 unspecified atom stereocenters. The van der Waals surface area contributed by atoms with Crippen molar-refractivity contribution < 1.29 is 24.1 Å². The number of β-amino-alcohol motifs (C(OH)–C–C–N with tert-alkyl or cyclic N) is 1. The Kier molecular flexibility index (Phi) is 7.32. The molecule has 2 aliphatic rings. The molecule has 7 nitrogen and oxygen atoms in total. The van der Waals surface area contributed by atoms with Gasteiger partial charge in [-0.15, -0.1) is 0 Å². The van der Waals surface area contributed by atoms with E-state index in [0.717, 1.165) is 69.4 Å². The van der Waals surface area contributed by atoms with Gasteiger partial charge in [0.2, 0.25) is 0 Å². The minimum Gasteiger partial charge on any atom is -0.493 e. The highest BCUT2D eigenvalue weighted by atomic mass is 16.5. The van der Waals surface area contributed by atoms with Crippen molar-refractivity contribution in [3.63, 3.8) is 0 Å². The lowest BCUT2D eigenvalue weighted by Crippen LogP contribution is -2.48. The lowest BCUT2D eigenvalue weighted by atomic mass is 10.0. The molecule has 0 saturated carbocycles. The van der Waals surface area contributed by atoms with E-state index in [1.165, 1.54) is 0 Å². The van der Waals surface area contributed by atoms with Crippen molar-refractivity contribution in [2.75, 3.05) is 73.4 Å². The number of rotatable bonds is 9. The molecule has 0 spiro atoms. The van der Waals surface area contributed by atoms with Crippen LogP contribution in [0.4, 0.5) is 0 Å². The van der Waals surface area contributed by atoms with E-state index in [2.05, 4.69) is 15.9 Å². The first kappa shape index (κ1) is 20.4. The highest BCUT2D eigenvalue weighted by Crippen LogP contribution is 2.30. The van der Waals surface area contributed by atoms with Crippen LogP contribution in [0.5, 0.6) is 11.5 Å². The molecule has 0 bridgehead atoms. The van der Waals surface area contributed by atoms with Gasteiger partial charge in [-0.1, -0.05) is 6.07 Å². The maximum Gasteiger partial charge on any atom is 0.161 e. The molecule has 2 aliphatic heterocycles. The summed E-state index contributed by atoms with van der Waals surface area (Å²) < 4.78 is 21.6. The second-order valence-corrected chi connectivity index (χ2v) is 7.40. The molecule has 3 rings (SSSR count). The van der Waals surface area contributed by atoms with Crippen molar-refractivity contribution in [3.8, 4) is 11.5 Å². The van der Waals surface area contributed by atoms with Crippen LogP contribution in [0.25, 0.3) is 0 Å². The molecule has 2 heterocycles. The number of hydrogen-bond acceptors (Lipinski definition) is 7. The first-order valence-electron chi connectivity index (χ1n) is 9.65. The van der Waals surface area contributed by atoms with Gasteiger partial charge in [-0.2, -0.15) is 0 Å². The number of nitrogens with zero attached hydrogens (tertiary/aromatic N) is 2. The minimum absolute atomic E-state index is 0.485. The van der Waals surface area contributed by atoms with Crippen LogP contribution in [-0.4, -0.2) is 93.9 Å². The summed E-state index contributed by atoms with van der Waals surface area (Å²) in [5.41, 5.74) is 0.514. The quantitative estimate of drug-likeness (QED) is 0.641. The summed E-state index contributed by atoms with van der Waals surface area (Å²) in [6.45, 7) is 7.45. The molecule has 152 valence electrons. The maximum atomic E-state index is 11.0. The summed E-state index contributed by atoms with van der Waals surface area (Å²) in [6.07, 6.45) is 0.803. The lowest BCUT2D eigenvalue weighted by Gasteiger charge is -2.33. The smallest absolute Gasteiger partial charge is 0.161 e. The topological polar surface area (TPSA) is 63.6 Å². The minimum atomic E-state index is -0.637. The summed E-state index contributed by atoms with van der Waals surface area (Å²) in [4.78, 5) is 4.61. The van der Waals surface area contributed by atoms with Crippen molar-refractivity contribution in [1.29, 1.82) is 0 Å². The first-order chi connectivity index (χ1) is 13.1. The molecule has 0 aliphatic carbocycles. The van der Waals surface area contributed by atoms with E-state index in [1.54, 1.807) is 14.2 Å². The Morgan fingerprint density at radius 1 is 1.07 bits per heavy atom. The van der Waals surface area contributed by atoms with Crippen molar-refractivity contribution in [2.24, 2.45) is 0 Å². The molecule has 1 atom stereocenters. The second kappa shape index (κ2) is 9.71. The normalized spacial score (nSPS) is 24.3. The number of aliphatic hydroxyl groups is 1. The van der Waals surface area contributed by atoms with Crippen LogP contribution in [0.3, 0.4) is 0 Å². The van der Waals surface area contributed by atoms with E-state index in [4.69, 9.17) is 18.9 Å². The highest BCUT2D eigenvalue weighted by molar-refractivity contribution is 5.43. The van der Waals surface area contributed by atoms with Gasteiger partial charge >= 0.3 is 0 Å². The predicted molar refractivity (Wildman–Crippen MR) is 102 cm³/mol. The fourth-order valence-corrected chi connectivity index (χ4v) is 3.81. The third-order valence-electron chi connectivity index (χ3n) is 5.21. The van der Waals surface area contributed by atoms with Crippen LogP contribution in [0.15, 0.2) is 18.2 Å². The average Bonchev–Trinajstić information content (AvgIpc) is 3.03. The van der Waals surface area contributed by atoms with Crippen LogP contribution in [0.2, 0.25) is 0 Å². The molecular formula is C20H32N2O5. The summed E-state index contributed by atoms with van der Waals surface area (Å²) in [7, 11) is 3.30. The summed E-state index contributed by atoms with van der Waals surface area (Å²) in [5, 5.41) is 11.0. The van der Waals surface area contributed by atoms with Crippen molar-refractivity contribution in [1.82, 2.24) is 9.80 Å². The molecule has 1 aromatic rings. The second-order valence-electron chi connectivity index (χ2n) is 7.40. The SMILES string of the molecule is COCCOc1cc(CN2CC[C@](O)(CN3CCOCC3)C2)ccc1OC. The molecule has 1 aromatic carbocycles. The lowest BCUT2D eigenvalue weighted by molar-refractivity contribution is -0.0266. The first-order valence-corrected chi connectivity index (χ1v) is 9.65. The van der Waals surface area contributed by atoms with E-state index < -0.39 is 5.60 Å². The summed E-state index contributed by atoms with van der Waals surface area (Å²) in [6, 6.07) is 6.02. The fraction of sp³-hybridized carbons (Fsp3) is 0.700. The van der Waals surface area contributed by atoms with Gasteiger partial charge in [0.1, 0.15) is 6.61 Å². The van der Waals surface area contributed by atoms with Gasteiger partial charge in [-0.3, -0.25) is 9.80 Å². The van der Waals surface area contributed by atoms with Crippen LogP contribution in [0, 0.1) is 0 Å². The van der Waals surface area contributed by atoms with Crippen LogP contribution >= 0.6 is 0 Å². The number of benzene rings is 1. The molecule has 27 heavy (non-hydrogen) atoms. The maximum absolute atomic E-state index is 11.0. The van der Waals surface area contributed by atoms with Gasteiger partial charge in [0, 0.05) is 46.4 Å². The third kappa shape index (κ3) is 5.80. The molecule has 0 radical (unpaired) electrons. The molecular weight excluding hydrogens is 348 g/mol. The Morgan fingerprint density at radius 2 is 1.89 bits per heavy atom. The monoisotopic (exact) mass is 380 g/mol. The van der Waals surface area contributed by atoms with E-state index in [-0.39, 0.29) is 0 Å². The zero-order valence-corrected chi connectivity index (χ0v) is 16.5. The van der Waals surface area contributed by atoms with Crippen LogP contribution in [0.1, 0.15) is 12.0 Å². The average molecular weight is 380 g/mol. The summed E-state index contributed by atoms with van der Waals surface area (Å²) in [5.74, 6) is 1.45. The predicted octanol–water partition coefficient (Wildman–Crippen LogP) is 0.989. The van der Waals surface area contributed by atoms with Gasteiger partial charge in [-0.25, -0.2) is 0 Å². The molecule has 0 aromatic heterocycles. The number of morpholine rings is 1. The van der Waals surface area contributed by atoms with E-state index >= 15 is 0 Å². The molecule has 0 amide bonds. The van der Waals surface area contributed by atoms with Crippen molar-refractivity contribution in [2.45, 2.75) is 18.6 Å². The van der Waals surface area contributed by atoms with Crippen molar-refractivity contribution >= 4 is 0 Å². The van der Waals surface area contributed by atoms with Crippen molar-refractivity contribution in [3.05, 3.63) is 23.8 Å². The van der Waals surface area contributed by atoms with Gasteiger partial charge in [0.05, 0.1) is 32.5 Å². The largest absolute Gasteiger partial charge is 0.493 e. The Balaban J connectivity index is 1.56. The third-order valence-corrected chi connectivity index (χ3v) is 5.21. The Bertz CT molecular complexity index is 594. The molecule has 7 heteroatoms. The number of hydrogen-bond donors (Lipinski definition) is 1. The number of ether oxygens (including phenoxy) is 4. The fourth-order valence-electron chi connectivity index (χ4n) is 3.81. The Hall–Kier alpha value is -1.38. The highest BCUT2D eigenvalue weighted by Gasteiger charge is 2.37. The molecule has 1 N–H and O–H groups in total. The zero-order valence-electron chi connectivity index (χ0n) is 16.5. The Morgan fingerprint density at radius 3 is 2.63 bits per heavy atom. The van der Waals surface area contributed by atoms with Crippen LogP contribution < -0.4 is 9.47 Å². The standard InChI is InChI=1S/C20H32N2O5/c1-24-11-12-27-19-13-17(3-4-18(19)25-2)14-22-6-5-20(23,16-22)15-21-7-9-26-10-8-21/h3-4,13,23H,5-12,14-16H2,1-2H3/t20-/m0/s1. The number of methoxy groups -OCH3 is 2. The van der Waals surface area contributed by atoms with Gasteiger partial charge in [0.15, 0.2) is 11.5 Å². The summed E-state index contributed by atoms with van der Waals surface area (Å²) >= 11 is 0. The van der Waals surface area contributed by atoms with Gasteiger partial charge < -0.3 is 24.1 Å². The molecule has 2 saturated heterocycles. The van der Waals surface area contributed by atoms with E-state index in [0.29, 0.717) is 19.8 Å². The van der Waals surface area contributed by atoms with E-state index in [1.807, 2.05) is 12.1 Å². The van der Waals surface area contributed by atoms with Crippen LogP contribution in [-0.2, 0) is 16.0 Å². The van der Waals surface area contributed by atoms with Gasteiger partial charge in [0.25, 0.3) is 0 Å². The number of likely N-dealkylation sites (tertiary alicyclic amines) is 1. The zero-order chi connectivity index (χ0) is 19.1. The van der Waals surface area contributed by atoms with Gasteiger partial charge in [-0.05, 0) is 24.1 Å². The molecule has 2 fully saturated rings. The van der Waals surface area contributed by atoms with E-state index in [9.17, 15) is 5.11 Å².